The number of ether oxygens (including phenoxy) is 1. The smallest absolute Gasteiger partial charge is 0.258 e. The van der Waals surface area contributed by atoms with Crippen molar-refractivity contribution in [3.63, 3.8) is 0 Å². The highest BCUT2D eigenvalue weighted by Gasteiger charge is 2.11. The third kappa shape index (κ3) is 5.61. The number of rotatable bonds is 7. The molecule has 0 radical (unpaired) electrons. The van der Waals surface area contributed by atoms with Gasteiger partial charge in [-0.2, -0.15) is 0 Å². The molecule has 4 heteroatoms. The molecule has 1 amide bonds. The van der Waals surface area contributed by atoms with E-state index in [0.29, 0.717) is 6.54 Å². The van der Waals surface area contributed by atoms with Crippen LogP contribution in [0, 0.1) is 6.92 Å². The Morgan fingerprint density at radius 2 is 1.80 bits per heavy atom. The lowest BCUT2D eigenvalue weighted by Crippen LogP contribution is -2.28. The highest BCUT2D eigenvalue weighted by molar-refractivity contribution is 5.77. The zero-order chi connectivity index (χ0) is 17.5. The van der Waals surface area contributed by atoms with E-state index in [9.17, 15) is 4.79 Å². The number of carbonyl (C=O) groups is 1. The molecule has 0 aliphatic carbocycles. The molecule has 132 valence electrons. The van der Waals surface area contributed by atoms with Crippen LogP contribution in [0.4, 0.5) is 0 Å². The highest BCUT2D eigenvalue weighted by atomic mass is 16.5. The van der Waals surface area contributed by atoms with E-state index in [4.69, 9.17) is 4.74 Å². The van der Waals surface area contributed by atoms with Gasteiger partial charge in [0.25, 0.3) is 5.91 Å². The Kier molecular flexibility index (Phi) is 6.07. The van der Waals surface area contributed by atoms with Crippen LogP contribution in [0.5, 0.6) is 5.75 Å². The van der Waals surface area contributed by atoms with E-state index >= 15 is 0 Å². The van der Waals surface area contributed by atoms with Crippen LogP contribution in [-0.4, -0.2) is 30.5 Å². The standard InChI is InChI=1S/C21H26N2O2/c1-17-5-4-6-20(13-17)25-16-21(24)22-14-18-7-9-19(10-8-18)15-23-11-2-3-12-23/h4-10,13H,2-3,11-12,14-16H2,1H3,(H,22,24). The lowest BCUT2D eigenvalue weighted by Gasteiger charge is -2.14. The molecule has 0 bridgehead atoms. The van der Waals surface area contributed by atoms with Crippen LogP contribution >= 0.6 is 0 Å². The van der Waals surface area contributed by atoms with Gasteiger partial charge in [0.15, 0.2) is 6.61 Å². The predicted molar refractivity (Wildman–Crippen MR) is 99.5 cm³/mol. The van der Waals surface area contributed by atoms with Crippen LogP contribution in [-0.2, 0) is 17.9 Å². The van der Waals surface area contributed by atoms with Crippen LogP contribution in [0.2, 0.25) is 0 Å². The largest absolute Gasteiger partial charge is 0.484 e. The number of carbonyl (C=O) groups excluding carboxylic acids is 1. The number of hydrogen-bond donors (Lipinski definition) is 1. The Balaban J connectivity index is 1.40. The molecule has 1 aliphatic rings. The number of hydrogen-bond acceptors (Lipinski definition) is 3. The Morgan fingerprint density at radius 1 is 1.08 bits per heavy atom. The molecular formula is C21H26N2O2. The maximum absolute atomic E-state index is 11.9. The Bertz CT molecular complexity index is 691. The summed E-state index contributed by atoms with van der Waals surface area (Å²) in [6.07, 6.45) is 2.63. The fourth-order valence-electron chi connectivity index (χ4n) is 3.07. The molecule has 25 heavy (non-hydrogen) atoms. The number of amides is 1. The van der Waals surface area contributed by atoms with Crippen molar-refractivity contribution in [2.45, 2.75) is 32.9 Å². The third-order valence-corrected chi connectivity index (χ3v) is 4.48. The number of likely N-dealkylation sites (tertiary alicyclic amines) is 1. The molecule has 1 N–H and O–H groups in total. The topological polar surface area (TPSA) is 41.6 Å². The predicted octanol–water partition coefficient (Wildman–Crippen LogP) is 3.29. The van der Waals surface area contributed by atoms with Gasteiger partial charge in [-0.25, -0.2) is 0 Å². The second-order valence-electron chi connectivity index (χ2n) is 6.68. The molecule has 2 aromatic rings. The van der Waals surface area contributed by atoms with Crippen molar-refractivity contribution >= 4 is 5.91 Å². The molecule has 0 aromatic heterocycles. The maximum Gasteiger partial charge on any atom is 0.258 e. The monoisotopic (exact) mass is 338 g/mol. The maximum atomic E-state index is 11.9. The summed E-state index contributed by atoms with van der Waals surface area (Å²) >= 11 is 0. The highest BCUT2D eigenvalue weighted by Crippen LogP contribution is 2.14. The zero-order valence-electron chi connectivity index (χ0n) is 14.8. The first-order chi connectivity index (χ1) is 12.2. The van der Waals surface area contributed by atoms with Gasteiger partial charge in [-0.15, -0.1) is 0 Å². The molecule has 0 atom stereocenters. The van der Waals surface area contributed by atoms with Crippen molar-refractivity contribution in [2.24, 2.45) is 0 Å². The molecule has 2 aromatic carbocycles. The van der Waals surface area contributed by atoms with Crippen LogP contribution in [0.1, 0.15) is 29.5 Å². The molecule has 0 spiro atoms. The summed E-state index contributed by atoms with van der Waals surface area (Å²) in [4.78, 5) is 14.4. The second kappa shape index (κ2) is 8.67. The van der Waals surface area contributed by atoms with Crippen molar-refractivity contribution < 1.29 is 9.53 Å². The van der Waals surface area contributed by atoms with Crippen molar-refractivity contribution in [1.82, 2.24) is 10.2 Å². The van der Waals surface area contributed by atoms with Crippen LogP contribution in [0.25, 0.3) is 0 Å². The van der Waals surface area contributed by atoms with E-state index in [0.717, 1.165) is 23.4 Å². The minimum Gasteiger partial charge on any atom is -0.484 e. The molecule has 4 nitrogen and oxygen atoms in total. The average Bonchev–Trinajstić information content (AvgIpc) is 3.12. The minimum absolute atomic E-state index is 0.0382. The van der Waals surface area contributed by atoms with Gasteiger partial charge >= 0.3 is 0 Å². The zero-order valence-corrected chi connectivity index (χ0v) is 14.8. The van der Waals surface area contributed by atoms with E-state index in [1.807, 2.05) is 31.2 Å². The first kappa shape index (κ1) is 17.5. The first-order valence-electron chi connectivity index (χ1n) is 8.95. The van der Waals surface area contributed by atoms with Crippen LogP contribution in [0.15, 0.2) is 48.5 Å². The van der Waals surface area contributed by atoms with Crippen molar-refractivity contribution in [3.8, 4) is 5.75 Å². The molecule has 1 saturated heterocycles. The van der Waals surface area contributed by atoms with Gasteiger partial charge in [0.2, 0.25) is 0 Å². The van der Waals surface area contributed by atoms with Crippen molar-refractivity contribution in [2.75, 3.05) is 19.7 Å². The van der Waals surface area contributed by atoms with E-state index in [1.165, 1.54) is 31.5 Å². The number of nitrogens with one attached hydrogen (secondary N) is 1. The minimum atomic E-state index is -0.109. The first-order valence-corrected chi connectivity index (χ1v) is 8.95. The molecular weight excluding hydrogens is 312 g/mol. The van der Waals surface area contributed by atoms with Gasteiger partial charge in [0.1, 0.15) is 5.75 Å². The van der Waals surface area contributed by atoms with E-state index in [-0.39, 0.29) is 12.5 Å². The fraction of sp³-hybridized carbons (Fsp3) is 0.381. The number of aryl methyl sites for hydroxylation is 1. The summed E-state index contributed by atoms with van der Waals surface area (Å²) in [7, 11) is 0. The molecule has 0 unspecified atom stereocenters. The molecule has 3 rings (SSSR count). The Labute approximate surface area is 149 Å². The van der Waals surface area contributed by atoms with Gasteiger partial charge in [0.05, 0.1) is 0 Å². The normalized spacial score (nSPS) is 14.4. The summed E-state index contributed by atoms with van der Waals surface area (Å²) < 4.78 is 5.51. The summed E-state index contributed by atoms with van der Waals surface area (Å²) in [5.41, 5.74) is 3.56. The quantitative estimate of drug-likeness (QED) is 0.842. The number of benzene rings is 2. The molecule has 1 fully saturated rings. The fourth-order valence-corrected chi connectivity index (χ4v) is 3.07. The Morgan fingerprint density at radius 3 is 2.52 bits per heavy atom. The molecule has 0 saturated carbocycles. The summed E-state index contributed by atoms with van der Waals surface area (Å²) in [6.45, 7) is 6.01. The Hall–Kier alpha value is -2.33. The van der Waals surface area contributed by atoms with Crippen molar-refractivity contribution in [1.29, 1.82) is 0 Å². The van der Waals surface area contributed by atoms with Gasteiger partial charge in [-0.3, -0.25) is 9.69 Å². The second-order valence-corrected chi connectivity index (χ2v) is 6.68. The van der Waals surface area contributed by atoms with Crippen molar-refractivity contribution in [3.05, 3.63) is 65.2 Å². The van der Waals surface area contributed by atoms with Gasteiger partial charge in [-0.1, -0.05) is 36.4 Å². The van der Waals surface area contributed by atoms with Crippen LogP contribution in [0.3, 0.4) is 0 Å². The molecule has 1 heterocycles. The van der Waals surface area contributed by atoms with E-state index < -0.39 is 0 Å². The lowest BCUT2D eigenvalue weighted by atomic mass is 10.1. The average molecular weight is 338 g/mol. The van der Waals surface area contributed by atoms with Gasteiger partial charge in [-0.05, 0) is 61.7 Å². The summed E-state index contributed by atoms with van der Waals surface area (Å²) in [5, 5.41) is 2.90. The third-order valence-electron chi connectivity index (χ3n) is 4.48. The number of nitrogens with zero attached hydrogens (tertiary/aromatic N) is 1. The van der Waals surface area contributed by atoms with Gasteiger partial charge in [0, 0.05) is 13.1 Å². The SMILES string of the molecule is Cc1cccc(OCC(=O)NCc2ccc(CN3CCCC3)cc2)c1. The van der Waals surface area contributed by atoms with E-state index in [1.54, 1.807) is 0 Å². The summed E-state index contributed by atoms with van der Waals surface area (Å²) in [5.74, 6) is 0.615. The lowest BCUT2D eigenvalue weighted by molar-refractivity contribution is -0.123. The summed E-state index contributed by atoms with van der Waals surface area (Å²) in [6, 6.07) is 16.2. The molecule has 1 aliphatic heterocycles. The van der Waals surface area contributed by atoms with E-state index in [2.05, 4.69) is 34.5 Å². The van der Waals surface area contributed by atoms with Crippen LogP contribution < -0.4 is 10.1 Å². The van der Waals surface area contributed by atoms with Gasteiger partial charge < -0.3 is 10.1 Å².